The highest BCUT2D eigenvalue weighted by Crippen LogP contribution is 2.51. The lowest BCUT2D eigenvalue weighted by Gasteiger charge is -2.28. The van der Waals surface area contributed by atoms with Crippen molar-refractivity contribution in [3.05, 3.63) is 205 Å². The maximum Gasteiger partial charge on any atom is 0.124 e. The van der Waals surface area contributed by atoms with Gasteiger partial charge >= 0.3 is 0 Å². The number of nitrogens with zero attached hydrogens (tertiary/aromatic N) is 2. The molecule has 3 heteroatoms. The van der Waals surface area contributed by atoms with Crippen LogP contribution in [0.5, 0.6) is 0 Å². The first-order valence-electron chi connectivity index (χ1n) is 19.6. The second kappa shape index (κ2) is 13.2. The first-order valence-corrected chi connectivity index (χ1v) is 20.4. The molecule has 2 nitrogen and oxygen atoms in total. The van der Waals surface area contributed by atoms with E-state index >= 15 is 0 Å². The summed E-state index contributed by atoms with van der Waals surface area (Å²) in [7, 11) is 0. The molecular weight excluding hydrogens is 709 g/mol. The molecule has 270 valence electrons. The molecule has 0 saturated carbocycles. The largest absolute Gasteiger partial charge is 0.310 e. The summed E-state index contributed by atoms with van der Waals surface area (Å²) in [5, 5.41) is 5.94. The van der Waals surface area contributed by atoms with Gasteiger partial charge in [-0.2, -0.15) is 0 Å². The van der Waals surface area contributed by atoms with Crippen LogP contribution >= 0.6 is 11.3 Å². The Morgan fingerprint density at radius 1 is 0.421 bits per heavy atom. The van der Waals surface area contributed by atoms with Crippen LogP contribution in [0.4, 0.5) is 17.1 Å². The summed E-state index contributed by atoms with van der Waals surface area (Å²) in [6.07, 6.45) is 0. The van der Waals surface area contributed by atoms with Crippen LogP contribution in [0.25, 0.3) is 75.7 Å². The van der Waals surface area contributed by atoms with E-state index in [0.29, 0.717) is 0 Å². The molecule has 0 bridgehead atoms. The molecule has 0 saturated heterocycles. The fourth-order valence-corrected chi connectivity index (χ4v) is 10.1. The molecule has 10 aromatic rings. The maximum atomic E-state index is 5.17. The molecule has 0 atom stereocenters. The maximum absolute atomic E-state index is 5.17. The van der Waals surface area contributed by atoms with Crippen molar-refractivity contribution in [3.63, 3.8) is 0 Å². The molecule has 9 aromatic carbocycles. The van der Waals surface area contributed by atoms with Crippen LogP contribution in [0.15, 0.2) is 194 Å². The molecule has 0 fully saturated rings. The Morgan fingerprint density at radius 2 is 1.02 bits per heavy atom. The van der Waals surface area contributed by atoms with E-state index in [1.165, 1.54) is 70.8 Å². The number of aromatic nitrogens is 1. The zero-order chi connectivity index (χ0) is 38.1. The lowest BCUT2D eigenvalue weighted by Crippen LogP contribution is -2.15. The summed E-state index contributed by atoms with van der Waals surface area (Å²) in [6.45, 7) is 4.69. The van der Waals surface area contributed by atoms with E-state index in [2.05, 4.69) is 213 Å². The monoisotopic (exact) mass is 746 g/mol. The van der Waals surface area contributed by atoms with Crippen LogP contribution < -0.4 is 4.90 Å². The molecule has 0 aliphatic heterocycles. The summed E-state index contributed by atoms with van der Waals surface area (Å²) >= 11 is 1.78. The van der Waals surface area contributed by atoms with Crippen molar-refractivity contribution in [1.29, 1.82) is 0 Å². The van der Waals surface area contributed by atoms with Crippen molar-refractivity contribution >= 4 is 60.2 Å². The van der Waals surface area contributed by atoms with Crippen LogP contribution in [-0.2, 0) is 5.41 Å². The average molecular weight is 747 g/mol. The molecule has 1 aliphatic carbocycles. The second-order valence-corrected chi connectivity index (χ2v) is 16.6. The first-order chi connectivity index (χ1) is 28.0. The second-order valence-electron chi connectivity index (χ2n) is 15.6. The van der Waals surface area contributed by atoms with Gasteiger partial charge in [-0.25, -0.2) is 4.98 Å². The summed E-state index contributed by atoms with van der Waals surface area (Å²) in [5.74, 6) is 0. The number of anilines is 3. The molecule has 1 heterocycles. The Labute approximate surface area is 337 Å². The van der Waals surface area contributed by atoms with Gasteiger partial charge < -0.3 is 4.90 Å². The van der Waals surface area contributed by atoms with Crippen molar-refractivity contribution in [1.82, 2.24) is 4.98 Å². The number of benzene rings is 9. The van der Waals surface area contributed by atoms with Gasteiger partial charge in [0, 0.05) is 33.4 Å². The highest BCUT2D eigenvalue weighted by molar-refractivity contribution is 7.22. The minimum absolute atomic E-state index is 0.0586. The molecule has 1 aromatic heterocycles. The summed E-state index contributed by atoms with van der Waals surface area (Å²) in [5.41, 5.74) is 15.7. The van der Waals surface area contributed by atoms with Gasteiger partial charge in [-0.3, -0.25) is 0 Å². The molecule has 0 N–H and O–H groups in total. The van der Waals surface area contributed by atoms with Gasteiger partial charge in [0.15, 0.2) is 0 Å². The van der Waals surface area contributed by atoms with E-state index < -0.39 is 0 Å². The van der Waals surface area contributed by atoms with Crippen molar-refractivity contribution in [3.8, 4) is 44.0 Å². The Hall–Kier alpha value is -6.81. The number of hydrogen-bond acceptors (Lipinski definition) is 3. The van der Waals surface area contributed by atoms with E-state index in [1.54, 1.807) is 11.3 Å². The lowest BCUT2D eigenvalue weighted by atomic mass is 9.82. The Morgan fingerprint density at radius 3 is 1.82 bits per heavy atom. The molecular formula is C54H38N2S. The molecule has 57 heavy (non-hydrogen) atoms. The zero-order valence-corrected chi connectivity index (χ0v) is 32.6. The normalized spacial score (nSPS) is 12.9. The van der Waals surface area contributed by atoms with Gasteiger partial charge in [-0.1, -0.05) is 159 Å². The molecule has 0 radical (unpaired) electrons. The zero-order valence-electron chi connectivity index (χ0n) is 31.8. The molecule has 11 rings (SSSR count). The summed E-state index contributed by atoms with van der Waals surface area (Å²) < 4.78 is 1.22. The smallest absolute Gasteiger partial charge is 0.124 e. The van der Waals surface area contributed by atoms with Gasteiger partial charge in [0.2, 0.25) is 0 Å². The molecule has 0 unspecified atom stereocenters. The van der Waals surface area contributed by atoms with Gasteiger partial charge in [0.1, 0.15) is 5.01 Å². The van der Waals surface area contributed by atoms with E-state index in [4.69, 9.17) is 4.98 Å². The standard InChI is InChI=1S/C54H38N2S/c1-54(2)49-22-10-9-21-45(49)48-34-43(26-29-50(48)54)56(41-20-12-18-39(32-41)36-15-7-4-8-16-36)42-25-23-37-24-27-46-44(47(37)33-42)28-30-51-52(46)57-53(55-51)40-19-11-17-38(31-40)35-13-5-3-6-14-35/h3-34H,1-2H3. The fourth-order valence-electron chi connectivity index (χ4n) is 8.98. The number of thiazole rings is 1. The fraction of sp³-hybridized carbons (Fsp3) is 0.0556. The topological polar surface area (TPSA) is 16.1 Å². The minimum Gasteiger partial charge on any atom is -0.310 e. The van der Waals surface area contributed by atoms with Gasteiger partial charge in [-0.05, 0) is 109 Å². The van der Waals surface area contributed by atoms with Crippen LogP contribution in [-0.4, -0.2) is 4.98 Å². The van der Waals surface area contributed by atoms with Gasteiger partial charge in [0.25, 0.3) is 0 Å². The van der Waals surface area contributed by atoms with Crippen LogP contribution in [0.2, 0.25) is 0 Å². The predicted octanol–water partition coefficient (Wildman–Crippen LogP) is 15.4. The van der Waals surface area contributed by atoms with E-state index in [1.807, 2.05) is 0 Å². The van der Waals surface area contributed by atoms with Crippen LogP contribution in [0.1, 0.15) is 25.0 Å². The average Bonchev–Trinajstić information content (AvgIpc) is 3.81. The van der Waals surface area contributed by atoms with Crippen LogP contribution in [0.3, 0.4) is 0 Å². The summed E-state index contributed by atoms with van der Waals surface area (Å²) in [6, 6.07) is 70.8. The van der Waals surface area contributed by atoms with Crippen molar-refractivity contribution < 1.29 is 0 Å². The third-order valence-electron chi connectivity index (χ3n) is 11.9. The third-order valence-corrected chi connectivity index (χ3v) is 13.0. The summed E-state index contributed by atoms with van der Waals surface area (Å²) in [4.78, 5) is 7.60. The highest BCUT2D eigenvalue weighted by atomic mass is 32.1. The number of fused-ring (bicyclic) bond motifs is 8. The van der Waals surface area contributed by atoms with E-state index in [9.17, 15) is 0 Å². The van der Waals surface area contributed by atoms with Crippen molar-refractivity contribution in [2.24, 2.45) is 0 Å². The minimum atomic E-state index is -0.0586. The lowest BCUT2D eigenvalue weighted by molar-refractivity contribution is 0.660. The third kappa shape index (κ3) is 5.57. The Bertz CT molecular complexity index is 3160. The van der Waals surface area contributed by atoms with Gasteiger partial charge in [0.05, 0.1) is 10.2 Å². The predicted molar refractivity (Wildman–Crippen MR) is 243 cm³/mol. The number of hydrogen-bond donors (Lipinski definition) is 0. The SMILES string of the molecule is CC1(C)c2ccccc2-c2cc(N(c3cccc(-c4ccccc4)c3)c3ccc4ccc5c(ccc6nc(-c7cccc(-c8ccccc8)c7)sc65)c4c3)ccc21. The molecule has 1 aliphatic rings. The number of rotatable bonds is 6. The van der Waals surface area contributed by atoms with Crippen molar-refractivity contribution in [2.45, 2.75) is 19.3 Å². The molecule has 0 spiro atoms. The molecule has 0 amide bonds. The van der Waals surface area contributed by atoms with Gasteiger partial charge in [-0.15, -0.1) is 11.3 Å². The van der Waals surface area contributed by atoms with Crippen LogP contribution in [0, 0.1) is 0 Å². The Balaban J connectivity index is 1.07. The van der Waals surface area contributed by atoms with E-state index in [0.717, 1.165) is 33.1 Å². The quantitative estimate of drug-likeness (QED) is 0.158. The van der Waals surface area contributed by atoms with E-state index in [-0.39, 0.29) is 5.41 Å². The first kappa shape index (κ1) is 33.5. The Kier molecular flexibility index (Phi) is 7.74. The van der Waals surface area contributed by atoms with Crippen molar-refractivity contribution in [2.75, 3.05) is 4.90 Å². The highest BCUT2D eigenvalue weighted by Gasteiger charge is 2.35.